The summed E-state index contributed by atoms with van der Waals surface area (Å²) in [6.45, 7) is -0.522. The summed E-state index contributed by atoms with van der Waals surface area (Å²) in [6.07, 6.45) is -1.67. The molecule has 0 aliphatic carbocycles. The maximum absolute atomic E-state index is 12.1. The van der Waals surface area contributed by atoms with E-state index in [0.29, 0.717) is 5.02 Å². The molecule has 0 bridgehead atoms. The molecule has 0 radical (unpaired) electrons. The summed E-state index contributed by atoms with van der Waals surface area (Å²) in [4.78, 5) is 1.97. The van der Waals surface area contributed by atoms with Gasteiger partial charge in [0.15, 0.2) is 0 Å². The van der Waals surface area contributed by atoms with E-state index in [1.807, 2.05) is 0 Å². The predicted molar refractivity (Wildman–Crippen MR) is 53.5 cm³/mol. The summed E-state index contributed by atoms with van der Waals surface area (Å²) in [7, 11) is 0. The van der Waals surface area contributed by atoms with E-state index < -0.39 is 17.6 Å². The zero-order valence-electron chi connectivity index (χ0n) is 7.26. The summed E-state index contributed by atoms with van der Waals surface area (Å²) in [5.41, 5.74) is 0. The molecule has 1 aromatic heterocycles. The molecule has 0 spiro atoms. The molecule has 0 aliphatic rings. The highest BCUT2D eigenvalue weighted by molar-refractivity contribution is 9.09. The highest BCUT2D eigenvalue weighted by Crippen LogP contribution is 2.27. The Labute approximate surface area is 97.5 Å². The van der Waals surface area contributed by atoms with Gasteiger partial charge in [-0.3, -0.25) is 4.98 Å². The van der Waals surface area contributed by atoms with Gasteiger partial charge in [-0.05, 0) is 0 Å². The van der Waals surface area contributed by atoms with Gasteiger partial charge in [0.25, 0.3) is 0 Å². The fourth-order valence-corrected chi connectivity index (χ4v) is 1.03. The minimum Gasteiger partial charge on any atom is -0.490 e. The molecule has 0 aromatic carbocycles. The van der Waals surface area contributed by atoms with Gasteiger partial charge in [0.05, 0.1) is 11.2 Å². The molecule has 0 amide bonds. The molecule has 84 valence electrons. The van der Waals surface area contributed by atoms with Crippen LogP contribution in [-0.2, 0) is 0 Å². The molecule has 1 heterocycles. The van der Waals surface area contributed by atoms with Gasteiger partial charge in [-0.15, -0.1) is 0 Å². The maximum atomic E-state index is 12.1. The fraction of sp³-hybridized carbons (Fsp3) is 0.375. The molecular formula is C8H6BrClF3NO. The second-order valence-corrected chi connectivity index (χ2v) is 4.20. The Morgan fingerprint density at radius 2 is 2.13 bits per heavy atom. The van der Waals surface area contributed by atoms with Gasteiger partial charge in [0, 0.05) is 12.3 Å². The lowest BCUT2D eigenvalue weighted by atomic mass is 10.4. The maximum Gasteiger partial charge on any atom is 0.404 e. The van der Waals surface area contributed by atoms with Crippen LogP contribution in [0.15, 0.2) is 18.5 Å². The molecule has 1 atom stereocenters. The van der Waals surface area contributed by atoms with Crippen LogP contribution in [0.3, 0.4) is 0 Å². The number of ether oxygens (including phenoxy) is 1. The van der Waals surface area contributed by atoms with E-state index in [1.54, 1.807) is 0 Å². The first-order valence-corrected chi connectivity index (χ1v) is 5.13. The number of pyridine rings is 1. The normalized spacial score (nSPS) is 13.7. The molecule has 15 heavy (non-hydrogen) atoms. The monoisotopic (exact) mass is 303 g/mol. The predicted octanol–water partition coefficient (Wildman–Crippen LogP) is 3.44. The average molecular weight is 304 g/mol. The van der Waals surface area contributed by atoms with Crippen LogP contribution < -0.4 is 4.74 Å². The van der Waals surface area contributed by atoms with E-state index in [1.165, 1.54) is 18.5 Å². The summed E-state index contributed by atoms with van der Waals surface area (Å²) in [5, 5.41) is 0.311. The molecule has 0 N–H and O–H groups in total. The molecule has 0 saturated heterocycles. The van der Waals surface area contributed by atoms with Crippen LogP contribution in [0.4, 0.5) is 13.2 Å². The van der Waals surface area contributed by atoms with Gasteiger partial charge < -0.3 is 4.74 Å². The highest BCUT2D eigenvalue weighted by atomic mass is 79.9. The van der Waals surface area contributed by atoms with Crippen molar-refractivity contribution in [1.29, 1.82) is 0 Å². The molecule has 0 fully saturated rings. The van der Waals surface area contributed by atoms with Gasteiger partial charge in [0.1, 0.15) is 17.2 Å². The highest BCUT2D eigenvalue weighted by Gasteiger charge is 2.38. The number of hydrogen-bond acceptors (Lipinski definition) is 2. The lowest BCUT2D eigenvalue weighted by Gasteiger charge is -2.14. The SMILES string of the molecule is FC(F)(F)C(Br)COc1cncc(Cl)c1. The third kappa shape index (κ3) is 4.25. The Morgan fingerprint density at radius 1 is 1.47 bits per heavy atom. The zero-order valence-corrected chi connectivity index (χ0v) is 9.60. The second-order valence-electron chi connectivity index (χ2n) is 2.66. The summed E-state index contributed by atoms with van der Waals surface area (Å²) in [5.74, 6) is 0.205. The standard InChI is InChI=1S/C8H6BrClF3NO/c9-7(8(11,12)13)4-15-6-1-5(10)2-14-3-6/h1-3,7H,4H2. The van der Waals surface area contributed by atoms with E-state index in [0.717, 1.165) is 0 Å². The van der Waals surface area contributed by atoms with Gasteiger partial charge in [-0.1, -0.05) is 27.5 Å². The minimum absolute atomic E-state index is 0.205. The van der Waals surface area contributed by atoms with Gasteiger partial charge >= 0.3 is 6.18 Å². The first kappa shape index (κ1) is 12.6. The number of rotatable bonds is 3. The fourth-order valence-electron chi connectivity index (χ4n) is 0.735. The quantitative estimate of drug-likeness (QED) is 0.798. The van der Waals surface area contributed by atoms with Crippen LogP contribution >= 0.6 is 27.5 Å². The first-order chi connectivity index (χ1) is 6.89. The van der Waals surface area contributed by atoms with Crippen LogP contribution in [0.5, 0.6) is 5.75 Å². The Bertz CT molecular complexity index is 334. The Kier molecular flexibility index (Phi) is 4.21. The Hall–Kier alpha value is -0.490. The van der Waals surface area contributed by atoms with Crippen molar-refractivity contribution in [3.8, 4) is 5.75 Å². The van der Waals surface area contributed by atoms with Crippen LogP contribution in [0.25, 0.3) is 0 Å². The number of nitrogens with zero attached hydrogens (tertiary/aromatic N) is 1. The van der Waals surface area contributed by atoms with Crippen molar-refractivity contribution in [3.63, 3.8) is 0 Å². The Balaban J connectivity index is 2.51. The molecule has 1 aromatic rings. The molecular weight excluding hydrogens is 298 g/mol. The molecule has 0 saturated carbocycles. The van der Waals surface area contributed by atoms with E-state index in [2.05, 4.69) is 20.9 Å². The lowest BCUT2D eigenvalue weighted by molar-refractivity contribution is -0.132. The van der Waals surface area contributed by atoms with Crippen molar-refractivity contribution in [2.75, 3.05) is 6.61 Å². The molecule has 1 unspecified atom stereocenters. The summed E-state index contributed by atoms with van der Waals surface area (Å²) in [6, 6.07) is 1.39. The van der Waals surface area contributed by atoms with Crippen molar-refractivity contribution < 1.29 is 17.9 Å². The van der Waals surface area contributed by atoms with Crippen molar-refractivity contribution in [2.24, 2.45) is 0 Å². The van der Waals surface area contributed by atoms with E-state index in [9.17, 15) is 13.2 Å². The van der Waals surface area contributed by atoms with Crippen LogP contribution in [-0.4, -0.2) is 22.6 Å². The number of aromatic nitrogens is 1. The zero-order chi connectivity index (χ0) is 11.5. The topological polar surface area (TPSA) is 22.1 Å². The number of alkyl halides is 4. The van der Waals surface area contributed by atoms with Crippen LogP contribution in [0.2, 0.25) is 5.02 Å². The minimum atomic E-state index is -4.33. The van der Waals surface area contributed by atoms with Crippen LogP contribution in [0, 0.1) is 0 Å². The van der Waals surface area contributed by atoms with Crippen molar-refractivity contribution in [3.05, 3.63) is 23.5 Å². The summed E-state index contributed by atoms with van der Waals surface area (Å²) < 4.78 is 41.0. The molecule has 2 nitrogen and oxygen atoms in total. The smallest absolute Gasteiger partial charge is 0.404 e. The van der Waals surface area contributed by atoms with E-state index in [4.69, 9.17) is 16.3 Å². The van der Waals surface area contributed by atoms with Crippen molar-refractivity contribution in [1.82, 2.24) is 4.98 Å². The van der Waals surface area contributed by atoms with Crippen LogP contribution in [0.1, 0.15) is 0 Å². The third-order valence-corrected chi connectivity index (χ3v) is 2.42. The van der Waals surface area contributed by atoms with Gasteiger partial charge in [0.2, 0.25) is 0 Å². The summed E-state index contributed by atoms with van der Waals surface area (Å²) >= 11 is 8.04. The lowest BCUT2D eigenvalue weighted by Crippen LogP contribution is -2.28. The molecule has 0 aliphatic heterocycles. The second kappa shape index (κ2) is 5.03. The van der Waals surface area contributed by atoms with Gasteiger partial charge in [-0.25, -0.2) is 0 Å². The average Bonchev–Trinajstić information content (AvgIpc) is 2.12. The molecule has 7 heteroatoms. The Morgan fingerprint density at radius 3 is 2.67 bits per heavy atom. The first-order valence-electron chi connectivity index (χ1n) is 3.83. The van der Waals surface area contributed by atoms with E-state index >= 15 is 0 Å². The third-order valence-electron chi connectivity index (χ3n) is 1.43. The number of halogens is 5. The van der Waals surface area contributed by atoms with Crippen molar-refractivity contribution in [2.45, 2.75) is 11.0 Å². The van der Waals surface area contributed by atoms with Gasteiger partial charge in [-0.2, -0.15) is 13.2 Å². The molecule has 1 rings (SSSR count). The number of hydrogen-bond donors (Lipinski definition) is 0. The van der Waals surface area contributed by atoms with Crippen molar-refractivity contribution >= 4 is 27.5 Å². The van der Waals surface area contributed by atoms with E-state index in [-0.39, 0.29) is 5.75 Å². The largest absolute Gasteiger partial charge is 0.490 e.